The molecule has 34 heavy (non-hydrogen) atoms. The van der Waals surface area contributed by atoms with Gasteiger partial charge in [0.2, 0.25) is 0 Å². The van der Waals surface area contributed by atoms with Crippen molar-refractivity contribution < 1.29 is 28.6 Å². The van der Waals surface area contributed by atoms with Crippen LogP contribution in [0, 0.1) is 5.92 Å². The number of hydrogen-bond donors (Lipinski definition) is 1. The zero-order valence-corrected chi connectivity index (χ0v) is 20.6. The van der Waals surface area contributed by atoms with Crippen LogP contribution in [0.25, 0.3) is 0 Å². The normalized spacial score (nSPS) is 18.3. The predicted molar refractivity (Wildman–Crippen MR) is 127 cm³/mol. The quantitative estimate of drug-likeness (QED) is 0.450. The Balaban J connectivity index is 1.50. The maximum Gasteiger partial charge on any atom is 0.410 e. The van der Waals surface area contributed by atoms with Crippen LogP contribution in [0.4, 0.5) is 9.59 Å². The van der Waals surface area contributed by atoms with Crippen molar-refractivity contribution in [3.63, 3.8) is 0 Å². The van der Waals surface area contributed by atoms with Gasteiger partial charge in [-0.1, -0.05) is 30.3 Å². The maximum atomic E-state index is 12.9. The summed E-state index contributed by atoms with van der Waals surface area (Å²) in [4.78, 5) is 39.4. The summed E-state index contributed by atoms with van der Waals surface area (Å²) in [5.41, 5.74) is 0.290. The fourth-order valence-electron chi connectivity index (χ4n) is 4.41. The molecule has 8 nitrogen and oxygen atoms in total. The predicted octanol–water partition coefficient (Wildman–Crippen LogP) is 4.80. The highest BCUT2D eigenvalue weighted by Crippen LogP contribution is 2.26. The molecular weight excluding hydrogens is 436 g/mol. The molecule has 3 rings (SSSR count). The first-order chi connectivity index (χ1) is 16.2. The number of esters is 1. The molecule has 8 heteroatoms. The van der Waals surface area contributed by atoms with Gasteiger partial charge in [-0.25, -0.2) is 14.4 Å². The molecule has 1 atom stereocenters. The van der Waals surface area contributed by atoms with E-state index in [0.29, 0.717) is 19.5 Å². The van der Waals surface area contributed by atoms with Crippen molar-refractivity contribution >= 4 is 18.2 Å². The summed E-state index contributed by atoms with van der Waals surface area (Å²) in [6, 6.07) is 8.81. The molecule has 0 spiro atoms. The van der Waals surface area contributed by atoms with E-state index in [1.807, 2.05) is 30.3 Å². The highest BCUT2D eigenvalue weighted by molar-refractivity contribution is 5.81. The smallest absolute Gasteiger partial charge is 0.410 e. The van der Waals surface area contributed by atoms with Crippen LogP contribution in [0.1, 0.15) is 71.3 Å². The second-order valence-corrected chi connectivity index (χ2v) is 10.2. The first-order valence-electron chi connectivity index (χ1n) is 12.4. The summed E-state index contributed by atoms with van der Waals surface area (Å²) in [7, 11) is 0. The highest BCUT2D eigenvalue weighted by Gasteiger charge is 2.33. The monoisotopic (exact) mass is 474 g/mol. The molecule has 1 saturated carbocycles. The molecule has 1 saturated heterocycles. The van der Waals surface area contributed by atoms with Gasteiger partial charge < -0.3 is 24.4 Å². The fraction of sp³-hybridized carbons (Fsp3) is 0.654. The number of amides is 2. The Morgan fingerprint density at radius 1 is 1.03 bits per heavy atom. The average Bonchev–Trinajstić information content (AvgIpc) is 3.30. The molecule has 1 aliphatic heterocycles. The Morgan fingerprint density at radius 2 is 1.68 bits per heavy atom. The lowest BCUT2D eigenvalue weighted by Gasteiger charge is -2.33. The molecule has 2 fully saturated rings. The van der Waals surface area contributed by atoms with Crippen LogP contribution in [0.2, 0.25) is 0 Å². The zero-order chi connectivity index (χ0) is 24.6. The first kappa shape index (κ1) is 25.8. The lowest BCUT2D eigenvalue weighted by atomic mass is 9.90. The molecule has 0 radical (unpaired) electrons. The van der Waals surface area contributed by atoms with E-state index in [-0.39, 0.29) is 24.7 Å². The molecular formula is C26H38N2O6. The van der Waals surface area contributed by atoms with Gasteiger partial charge in [-0.15, -0.1) is 0 Å². The maximum absolute atomic E-state index is 12.9. The second-order valence-electron chi connectivity index (χ2n) is 10.2. The van der Waals surface area contributed by atoms with E-state index in [0.717, 1.165) is 44.1 Å². The molecule has 0 bridgehead atoms. The number of hydrogen-bond acceptors (Lipinski definition) is 6. The number of benzene rings is 1. The fourth-order valence-corrected chi connectivity index (χ4v) is 4.41. The number of alkyl carbamates (subject to hydrolysis) is 1. The van der Waals surface area contributed by atoms with Gasteiger partial charge in [-0.3, -0.25) is 0 Å². The number of rotatable bonds is 7. The number of carbonyl (C=O) groups is 3. The van der Waals surface area contributed by atoms with Gasteiger partial charge in [0.1, 0.15) is 24.4 Å². The molecule has 0 aromatic heterocycles. The number of ether oxygens (including phenoxy) is 3. The topological polar surface area (TPSA) is 94.2 Å². The van der Waals surface area contributed by atoms with Crippen molar-refractivity contribution in [2.75, 3.05) is 13.1 Å². The summed E-state index contributed by atoms with van der Waals surface area (Å²) in [5, 5.41) is 2.73. The van der Waals surface area contributed by atoms with Crippen molar-refractivity contribution in [3.05, 3.63) is 35.9 Å². The van der Waals surface area contributed by atoms with Gasteiger partial charge in [0.05, 0.1) is 0 Å². The third-order valence-electron chi connectivity index (χ3n) is 6.21. The van der Waals surface area contributed by atoms with Gasteiger partial charge in [0.25, 0.3) is 0 Å². The molecule has 2 amide bonds. The SMILES string of the molecule is CC(C)(C)OC(=O)NC(CC1CCN(C(=O)OCc2ccccc2)CC1)C(=O)OC1CCCC1. The van der Waals surface area contributed by atoms with E-state index in [4.69, 9.17) is 14.2 Å². The van der Waals surface area contributed by atoms with E-state index < -0.39 is 23.7 Å². The molecule has 1 heterocycles. The number of carbonyl (C=O) groups excluding carboxylic acids is 3. The Morgan fingerprint density at radius 3 is 2.29 bits per heavy atom. The minimum absolute atomic E-state index is 0.0725. The van der Waals surface area contributed by atoms with Gasteiger partial charge in [0, 0.05) is 13.1 Å². The van der Waals surface area contributed by atoms with Crippen LogP contribution in [0.3, 0.4) is 0 Å². The van der Waals surface area contributed by atoms with Crippen LogP contribution >= 0.6 is 0 Å². The van der Waals surface area contributed by atoms with Crippen LogP contribution in [-0.4, -0.2) is 53.9 Å². The van der Waals surface area contributed by atoms with E-state index in [2.05, 4.69) is 5.32 Å². The highest BCUT2D eigenvalue weighted by atomic mass is 16.6. The molecule has 1 unspecified atom stereocenters. The van der Waals surface area contributed by atoms with Crippen LogP contribution in [0.15, 0.2) is 30.3 Å². The number of nitrogens with one attached hydrogen (secondary N) is 1. The molecule has 188 valence electrons. The summed E-state index contributed by atoms with van der Waals surface area (Å²) in [6.07, 6.45) is 4.74. The van der Waals surface area contributed by atoms with Crippen LogP contribution in [0.5, 0.6) is 0 Å². The Hall–Kier alpha value is -2.77. The summed E-state index contributed by atoms with van der Waals surface area (Å²) in [6.45, 7) is 6.69. The van der Waals surface area contributed by atoms with E-state index >= 15 is 0 Å². The molecule has 1 aromatic rings. The van der Waals surface area contributed by atoms with Gasteiger partial charge in [-0.2, -0.15) is 0 Å². The summed E-state index contributed by atoms with van der Waals surface area (Å²) in [5.74, 6) is -0.225. The Kier molecular flexibility index (Phi) is 9.19. The summed E-state index contributed by atoms with van der Waals surface area (Å²) < 4.78 is 16.5. The number of piperidine rings is 1. The lowest BCUT2D eigenvalue weighted by molar-refractivity contribution is -0.152. The first-order valence-corrected chi connectivity index (χ1v) is 12.4. The van der Waals surface area contributed by atoms with Crippen molar-refractivity contribution in [1.82, 2.24) is 10.2 Å². The van der Waals surface area contributed by atoms with Crippen LogP contribution < -0.4 is 5.32 Å². The van der Waals surface area contributed by atoms with Gasteiger partial charge in [-0.05, 0) is 77.2 Å². The number of nitrogens with zero attached hydrogens (tertiary/aromatic N) is 1. The van der Waals surface area contributed by atoms with E-state index in [1.165, 1.54) is 0 Å². The Labute approximate surface area is 202 Å². The van der Waals surface area contributed by atoms with Crippen molar-refractivity contribution in [2.24, 2.45) is 5.92 Å². The average molecular weight is 475 g/mol. The van der Waals surface area contributed by atoms with Crippen LogP contribution in [-0.2, 0) is 25.6 Å². The second kappa shape index (κ2) is 12.1. The number of likely N-dealkylation sites (tertiary alicyclic amines) is 1. The molecule has 1 aliphatic carbocycles. The molecule has 2 aliphatic rings. The minimum Gasteiger partial charge on any atom is -0.461 e. The summed E-state index contributed by atoms with van der Waals surface area (Å²) >= 11 is 0. The third-order valence-corrected chi connectivity index (χ3v) is 6.21. The largest absolute Gasteiger partial charge is 0.461 e. The molecule has 1 aromatic carbocycles. The standard InChI is InChI=1S/C26H38N2O6/c1-26(2,3)34-24(30)27-22(23(29)33-21-11-7-8-12-21)17-19-13-15-28(16-14-19)25(31)32-18-20-9-5-4-6-10-20/h4-6,9-10,19,21-22H,7-8,11-18H2,1-3H3,(H,27,30). The Bertz CT molecular complexity index is 808. The van der Waals surface area contributed by atoms with Gasteiger partial charge in [0.15, 0.2) is 0 Å². The van der Waals surface area contributed by atoms with E-state index in [9.17, 15) is 14.4 Å². The molecule has 1 N–H and O–H groups in total. The van der Waals surface area contributed by atoms with Gasteiger partial charge >= 0.3 is 18.2 Å². The lowest BCUT2D eigenvalue weighted by Crippen LogP contribution is -2.47. The third kappa shape index (κ3) is 8.54. The van der Waals surface area contributed by atoms with E-state index in [1.54, 1.807) is 25.7 Å². The minimum atomic E-state index is -0.767. The van der Waals surface area contributed by atoms with Crippen molar-refractivity contribution in [2.45, 2.75) is 90.1 Å². The zero-order valence-electron chi connectivity index (χ0n) is 20.6. The van der Waals surface area contributed by atoms with Crippen molar-refractivity contribution in [3.8, 4) is 0 Å². The van der Waals surface area contributed by atoms with Crippen molar-refractivity contribution in [1.29, 1.82) is 0 Å².